The molecule has 1 aromatic heterocycles. The normalized spacial score (nSPS) is 16.2. The van der Waals surface area contributed by atoms with Crippen molar-refractivity contribution in [1.82, 2.24) is 4.90 Å². The molecule has 1 aliphatic rings. The first-order chi connectivity index (χ1) is 14.4. The number of nitrogens with zero attached hydrogens (tertiary/aromatic N) is 2. The summed E-state index contributed by atoms with van der Waals surface area (Å²) in [5.41, 5.74) is 5.05. The highest BCUT2D eigenvalue weighted by molar-refractivity contribution is 5.99. The number of furan rings is 1. The number of benzene rings is 2. The first-order valence-corrected chi connectivity index (χ1v) is 10.6. The van der Waals surface area contributed by atoms with E-state index in [1.54, 1.807) is 0 Å². The van der Waals surface area contributed by atoms with Crippen molar-refractivity contribution >= 4 is 22.6 Å². The Hall–Kier alpha value is -2.79. The molecule has 0 spiro atoms. The van der Waals surface area contributed by atoms with Gasteiger partial charge in [-0.3, -0.25) is 4.79 Å². The molecule has 0 saturated carbocycles. The van der Waals surface area contributed by atoms with Crippen molar-refractivity contribution in [2.24, 2.45) is 0 Å². The second kappa shape index (κ2) is 8.52. The summed E-state index contributed by atoms with van der Waals surface area (Å²) in [6, 6.07) is 14.4. The minimum Gasteiger partial charge on any atom is -0.451 e. The molecule has 0 aliphatic carbocycles. The molecule has 1 saturated heterocycles. The van der Waals surface area contributed by atoms with Gasteiger partial charge in [0.15, 0.2) is 5.76 Å². The number of anilines is 1. The number of fused-ring (bicyclic) bond motifs is 1. The van der Waals surface area contributed by atoms with E-state index in [-0.39, 0.29) is 12.0 Å². The third-order valence-corrected chi connectivity index (χ3v) is 5.85. The summed E-state index contributed by atoms with van der Waals surface area (Å²) >= 11 is 0. The summed E-state index contributed by atoms with van der Waals surface area (Å²) in [7, 11) is 4.04. The molecule has 2 aromatic carbocycles. The maximum atomic E-state index is 13.6. The van der Waals surface area contributed by atoms with Gasteiger partial charge in [-0.05, 0) is 56.5 Å². The first kappa shape index (κ1) is 20.5. The molecule has 30 heavy (non-hydrogen) atoms. The predicted molar refractivity (Wildman–Crippen MR) is 120 cm³/mol. The fourth-order valence-corrected chi connectivity index (χ4v) is 4.06. The van der Waals surface area contributed by atoms with Gasteiger partial charge in [-0.15, -0.1) is 0 Å². The van der Waals surface area contributed by atoms with Crippen LogP contribution in [0.15, 0.2) is 46.9 Å². The van der Waals surface area contributed by atoms with E-state index in [9.17, 15) is 4.79 Å². The van der Waals surface area contributed by atoms with Crippen LogP contribution in [0.2, 0.25) is 0 Å². The summed E-state index contributed by atoms with van der Waals surface area (Å²) in [6.07, 6.45) is 2.12. The summed E-state index contributed by atoms with van der Waals surface area (Å²) < 4.78 is 11.8. The van der Waals surface area contributed by atoms with E-state index in [4.69, 9.17) is 9.15 Å². The summed E-state index contributed by atoms with van der Waals surface area (Å²) in [5.74, 6) is 0.354. The van der Waals surface area contributed by atoms with Gasteiger partial charge >= 0.3 is 0 Å². The zero-order valence-electron chi connectivity index (χ0n) is 18.3. The largest absolute Gasteiger partial charge is 0.451 e. The van der Waals surface area contributed by atoms with Crippen LogP contribution in [0.5, 0.6) is 0 Å². The molecule has 4 rings (SSSR count). The standard InChI is InChI=1S/C25H30N2O3/c1-17-7-12-23-22(14-17)18(2)24(30-23)25(28)27(16-21-6-5-13-29-21)15-19-8-10-20(11-9-19)26(3)4/h7-12,14,21H,5-6,13,15-16H2,1-4H3/t21-/m0/s1. The molecule has 2 heterocycles. The van der Waals surface area contributed by atoms with Crippen molar-refractivity contribution in [3.05, 3.63) is 64.9 Å². The van der Waals surface area contributed by atoms with E-state index < -0.39 is 0 Å². The average molecular weight is 407 g/mol. The Bertz CT molecular complexity index is 1030. The van der Waals surface area contributed by atoms with Gasteiger partial charge in [-0.25, -0.2) is 0 Å². The Morgan fingerprint density at radius 2 is 1.87 bits per heavy atom. The lowest BCUT2D eigenvalue weighted by Crippen LogP contribution is -2.37. The van der Waals surface area contributed by atoms with Gasteiger partial charge in [0.25, 0.3) is 5.91 Å². The molecular formula is C25H30N2O3. The van der Waals surface area contributed by atoms with Crippen molar-refractivity contribution < 1.29 is 13.9 Å². The molecule has 1 amide bonds. The van der Waals surface area contributed by atoms with Gasteiger partial charge in [0.1, 0.15) is 5.58 Å². The van der Waals surface area contributed by atoms with Gasteiger partial charge < -0.3 is 19.0 Å². The number of ether oxygens (including phenoxy) is 1. The van der Waals surface area contributed by atoms with Crippen molar-refractivity contribution in [2.75, 3.05) is 32.1 Å². The van der Waals surface area contributed by atoms with Crippen LogP contribution in [0.4, 0.5) is 5.69 Å². The number of carbonyl (C=O) groups excluding carboxylic acids is 1. The van der Waals surface area contributed by atoms with E-state index in [1.807, 2.05) is 38.1 Å². The molecule has 1 aliphatic heterocycles. The van der Waals surface area contributed by atoms with E-state index in [0.717, 1.165) is 52.8 Å². The Balaban J connectivity index is 1.63. The number of hydrogen-bond acceptors (Lipinski definition) is 4. The van der Waals surface area contributed by atoms with E-state index in [1.165, 1.54) is 0 Å². The van der Waals surface area contributed by atoms with Crippen LogP contribution in [0.25, 0.3) is 11.0 Å². The molecule has 1 fully saturated rings. The van der Waals surface area contributed by atoms with Gasteiger partial charge in [0.2, 0.25) is 0 Å². The SMILES string of the molecule is Cc1ccc2oc(C(=O)N(Cc3ccc(N(C)C)cc3)C[C@@H]3CCCO3)c(C)c2c1. The minimum atomic E-state index is -0.0754. The molecule has 0 N–H and O–H groups in total. The lowest BCUT2D eigenvalue weighted by Gasteiger charge is -2.25. The first-order valence-electron chi connectivity index (χ1n) is 10.6. The highest BCUT2D eigenvalue weighted by Crippen LogP contribution is 2.28. The van der Waals surface area contributed by atoms with Gasteiger partial charge in [-0.2, -0.15) is 0 Å². The van der Waals surface area contributed by atoms with Gasteiger partial charge in [0.05, 0.1) is 6.10 Å². The Morgan fingerprint density at radius 1 is 1.10 bits per heavy atom. The van der Waals surface area contributed by atoms with Crippen LogP contribution >= 0.6 is 0 Å². The summed E-state index contributed by atoms with van der Waals surface area (Å²) in [4.78, 5) is 17.5. The summed E-state index contributed by atoms with van der Waals surface area (Å²) in [6.45, 7) is 5.89. The highest BCUT2D eigenvalue weighted by atomic mass is 16.5. The molecule has 0 unspecified atom stereocenters. The van der Waals surface area contributed by atoms with Crippen molar-refractivity contribution in [2.45, 2.75) is 39.3 Å². The Labute approximate surface area is 178 Å². The fourth-order valence-electron chi connectivity index (χ4n) is 4.06. The molecule has 3 aromatic rings. The van der Waals surface area contributed by atoms with E-state index in [0.29, 0.717) is 18.8 Å². The van der Waals surface area contributed by atoms with Crippen molar-refractivity contribution in [1.29, 1.82) is 0 Å². The molecule has 0 radical (unpaired) electrons. The molecule has 5 nitrogen and oxygen atoms in total. The lowest BCUT2D eigenvalue weighted by molar-refractivity contribution is 0.0485. The second-order valence-corrected chi connectivity index (χ2v) is 8.44. The van der Waals surface area contributed by atoms with Crippen LogP contribution in [0.3, 0.4) is 0 Å². The van der Waals surface area contributed by atoms with Crippen LogP contribution in [0.1, 0.15) is 40.1 Å². The Kier molecular flexibility index (Phi) is 5.82. The van der Waals surface area contributed by atoms with Crippen LogP contribution in [0, 0.1) is 13.8 Å². The zero-order chi connectivity index (χ0) is 21.3. The van der Waals surface area contributed by atoms with Gasteiger partial charge in [-0.1, -0.05) is 23.8 Å². The van der Waals surface area contributed by atoms with E-state index in [2.05, 4.69) is 42.2 Å². The maximum Gasteiger partial charge on any atom is 0.290 e. The Morgan fingerprint density at radius 3 is 2.53 bits per heavy atom. The smallest absolute Gasteiger partial charge is 0.290 e. The number of hydrogen-bond donors (Lipinski definition) is 0. The third kappa shape index (κ3) is 4.21. The van der Waals surface area contributed by atoms with Crippen LogP contribution in [-0.4, -0.2) is 44.2 Å². The fraction of sp³-hybridized carbons (Fsp3) is 0.400. The second-order valence-electron chi connectivity index (χ2n) is 8.44. The van der Waals surface area contributed by atoms with Gasteiger partial charge in [0, 0.05) is 50.4 Å². The monoisotopic (exact) mass is 406 g/mol. The van der Waals surface area contributed by atoms with Crippen LogP contribution < -0.4 is 4.90 Å². The minimum absolute atomic E-state index is 0.0754. The molecule has 1 atom stereocenters. The molecule has 0 bridgehead atoms. The molecule has 5 heteroatoms. The highest BCUT2D eigenvalue weighted by Gasteiger charge is 2.27. The lowest BCUT2D eigenvalue weighted by atomic mass is 10.1. The number of carbonyl (C=O) groups is 1. The van der Waals surface area contributed by atoms with Crippen molar-refractivity contribution in [3.8, 4) is 0 Å². The van der Waals surface area contributed by atoms with Crippen LogP contribution in [-0.2, 0) is 11.3 Å². The number of amides is 1. The third-order valence-electron chi connectivity index (χ3n) is 5.85. The maximum absolute atomic E-state index is 13.6. The summed E-state index contributed by atoms with van der Waals surface area (Å²) in [5, 5.41) is 1.01. The predicted octanol–water partition coefficient (Wildman–Crippen LogP) is 4.94. The zero-order valence-corrected chi connectivity index (χ0v) is 18.3. The molecule has 158 valence electrons. The number of aryl methyl sites for hydroxylation is 2. The topological polar surface area (TPSA) is 45.9 Å². The number of rotatable bonds is 6. The van der Waals surface area contributed by atoms with E-state index >= 15 is 0 Å². The van der Waals surface area contributed by atoms with Crippen molar-refractivity contribution in [3.63, 3.8) is 0 Å². The molecular weight excluding hydrogens is 376 g/mol. The average Bonchev–Trinajstić information content (AvgIpc) is 3.35. The quantitative estimate of drug-likeness (QED) is 0.582.